The van der Waals surface area contributed by atoms with Crippen LogP contribution in [-0.2, 0) is 6.61 Å². The van der Waals surface area contributed by atoms with Crippen LogP contribution in [0.15, 0.2) is 49.1 Å². The summed E-state index contributed by atoms with van der Waals surface area (Å²) in [5.74, 6) is -0.0145. The van der Waals surface area contributed by atoms with Gasteiger partial charge in [0.2, 0.25) is 0 Å². The molecular formula is C22H22FN7O. The number of nitrogens with one attached hydrogen (secondary N) is 2. The highest BCUT2D eigenvalue weighted by atomic mass is 19.1. The molecule has 0 spiro atoms. The number of piperidine rings is 1. The Kier molecular flexibility index (Phi) is 5.27. The van der Waals surface area contributed by atoms with Crippen LogP contribution in [0.5, 0.6) is 0 Å². The highest BCUT2D eigenvalue weighted by molar-refractivity contribution is 5.78. The fraction of sp³-hybridized carbons (Fsp3) is 0.273. The third kappa shape index (κ3) is 3.85. The summed E-state index contributed by atoms with van der Waals surface area (Å²) >= 11 is 0. The van der Waals surface area contributed by atoms with Gasteiger partial charge in [0.15, 0.2) is 17.5 Å². The van der Waals surface area contributed by atoms with Gasteiger partial charge in [0, 0.05) is 36.7 Å². The first-order valence-electron chi connectivity index (χ1n) is 10.3. The molecule has 4 aromatic rings. The molecule has 0 radical (unpaired) electrons. The van der Waals surface area contributed by atoms with Gasteiger partial charge in [0.1, 0.15) is 5.69 Å². The summed E-state index contributed by atoms with van der Waals surface area (Å²) in [7, 11) is 0. The molecule has 3 N–H and O–H groups in total. The lowest BCUT2D eigenvalue weighted by Crippen LogP contribution is -2.38. The highest BCUT2D eigenvalue weighted by Crippen LogP contribution is 2.30. The minimum absolute atomic E-state index is 0.0738. The smallest absolute Gasteiger partial charge is 0.191 e. The number of nitrogens with zero attached hydrogens (tertiary/aromatic N) is 5. The van der Waals surface area contributed by atoms with Crippen molar-refractivity contribution in [2.45, 2.75) is 25.5 Å². The Balaban J connectivity index is 1.65. The van der Waals surface area contributed by atoms with Gasteiger partial charge in [-0.25, -0.2) is 18.9 Å². The minimum atomic E-state index is -0.539. The van der Waals surface area contributed by atoms with Crippen LogP contribution in [0.4, 0.5) is 10.2 Å². The quantitative estimate of drug-likeness (QED) is 0.457. The Hall–Kier alpha value is -3.43. The van der Waals surface area contributed by atoms with Gasteiger partial charge >= 0.3 is 0 Å². The lowest BCUT2D eigenvalue weighted by molar-refractivity contribution is 0.281. The van der Waals surface area contributed by atoms with E-state index >= 15 is 4.39 Å². The van der Waals surface area contributed by atoms with Crippen molar-refractivity contribution >= 4 is 11.3 Å². The number of aliphatic hydroxyl groups excluding tert-OH is 1. The fourth-order valence-electron chi connectivity index (χ4n) is 3.83. The van der Waals surface area contributed by atoms with Gasteiger partial charge in [-0.3, -0.25) is 4.98 Å². The maximum atomic E-state index is 15.6. The van der Waals surface area contributed by atoms with Crippen LogP contribution in [0.2, 0.25) is 0 Å². The van der Waals surface area contributed by atoms with Gasteiger partial charge in [-0.15, -0.1) is 0 Å². The molecule has 0 bridgehead atoms. The Morgan fingerprint density at radius 1 is 1.23 bits per heavy atom. The SMILES string of the molecule is OCc1cncc(-c2nc(-c3cnn4ccccc34)nc(N[C@@H]3CCCNC3)c2F)c1. The average molecular weight is 419 g/mol. The van der Waals surface area contributed by atoms with E-state index in [1.165, 1.54) is 6.20 Å². The first-order valence-corrected chi connectivity index (χ1v) is 10.3. The average Bonchev–Trinajstić information content (AvgIpc) is 3.25. The van der Waals surface area contributed by atoms with Crippen LogP contribution >= 0.6 is 0 Å². The molecule has 8 nitrogen and oxygen atoms in total. The van der Waals surface area contributed by atoms with Gasteiger partial charge in [-0.05, 0) is 43.1 Å². The molecule has 31 heavy (non-hydrogen) atoms. The zero-order valence-electron chi connectivity index (χ0n) is 16.8. The molecule has 1 fully saturated rings. The summed E-state index contributed by atoms with van der Waals surface area (Å²) < 4.78 is 17.3. The summed E-state index contributed by atoms with van der Waals surface area (Å²) in [6.45, 7) is 1.52. The molecule has 0 aliphatic carbocycles. The van der Waals surface area contributed by atoms with Crippen molar-refractivity contribution < 1.29 is 9.50 Å². The second-order valence-corrected chi connectivity index (χ2v) is 7.57. The zero-order chi connectivity index (χ0) is 21.2. The van der Waals surface area contributed by atoms with E-state index in [1.807, 2.05) is 24.4 Å². The first kappa shape index (κ1) is 19.5. The maximum absolute atomic E-state index is 15.6. The molecule has 5 rings (SSSR count). The second-order valence-electron chi connectivity index (χ2n) is 7.57. The van der Waals surface area contributed by atoms with E-state index in [-0.39, 0.29) is 24.2 Å². The molecule has 0 amide bonds. The van der Waals surface area contributed by atoms with Crippen molar-refractivity contribution in [3.8, 4) is 22.6 Å². The molecule has 0 unspecified atom stereocenters. The molecule has 1 atom stereocenters. The lowest BCUT2D eigenvalue weighted by Gasteiger charge is -2.25. The third-order valence-electron chi connectivity index (χ3n) is 5.41. The molecular weight excluding hydrogens is 397 g/mol. The largest absolute Gasteiger partial charge is 0.392 e. The van der Waals surface area contributed by atoms with Crippen LogP contribution in [-0.4, -0.2) is 48.8 Å². The minimum Gasteiger partial charge on any atom is -0.392 e. The first-order chi connectivity index (χ1) is 15.2. The van der Waals surface area contributed by atoms with Crippen molar-refractivity contribution in [2.75, 3.05) is 18.4 Å². The number of halogens is 1. The van der Waals surface area contributed by atoms with Crippen molar-refractivity contribution in [1.82, 2.24) is 29.9 Å². The molecule has 1 aliphatic rings. The Morgan fingerprint density at radius 2 is 2.16 bits per heavy atom. The second kappa shape index (κ2) is 8.37. The van der Waals surface area contributed by atoms with Crippen molar-refractivity contribution in [3.63, 3.8) is 0 Å². The predicted molar refractivity (Wildman–Crippen MR) is 115 cm³/mol. The normalized spacial score (nSPS) is 16.5. The number of hydrogen-bond acceptors (Lipinski definition) is 7. The Bertz CT molecular complexity index is 1220. The van der Waals surface area contributed by atoms with E-state index < -0.39 is 5.82 Å². The molecule has 158 valence electrons. The highest BCUT2D eigenvalue weighted by Gasteiger charge is 2.22. The van der Waals surface area contributed by atoms with Crippen LogP contribution in [0.25, 0.3) is 28.2 Å². The van der Waals surface area contributed by atoms with Crippen LogP contribution < -0.4 is 10.6 Å². The summed E-state index contributed by atoms with van der Waals surface area (Å²) in [5, 5.41) is 20.4. The Labute approximate surface area is 178 Å². The topological polar surface area (TPSA) is 100 Å². The molecule has 0 saturated carbocycles. The number of fused-ring (bicyclic) bond motifs is 1. The number of pyridine rings is 2. The van der Waals surface area contributed by atoms with Gasteiger partial charge in [-0.1, -0.05) is 6.07 Å². The standard InChI is InChI=1S/C22H22FN7O/c23-19-20(15-8-14(13-31)9-25-10-15)28-21(17-12-26-30-7-2-1-5-18(17)30)29-22(19)27-16-4-3-6-24-11-16/h1-2,5,7-10,12,16,24,31H,3-4,6,11,13H2,(H,27,28,29)/t16-/m1/s1. The summed E-state index contributed by atoms with van der Waals surface area (Å²) in [4.78, 5) is 13.2. The molecule has 5 heterocycles. The maximum Gasteiger partial charge on any atom is 0.191 e. The zero-order valence-corrected chi connectivity index (χ0v) is 16.8. The number of aliphatic hydroxyl groups is 1. The van der Waals surface area contributed by atoms with Crippen molar-refractivity contribution in [1.29, 1.82) is 0 Å². The lowest BCUT2D eigenvalue weighted by atomic mass is 10.1. The summed E-state index contributed by atoms with van der Waals surface area (Å²) in [6, 6.07) is 7.47. The van der Waals surface area contributed by atoms with Crippen molar-refractivity contribution in [2.24, 2.45) is 0 Å². The predicted octanol–water partition coefficient (Wildman–Crippen LogP) is 2.65. The van der Waals surface area contributed by atoms with Gasteiger partial charge in [0.25, 0.3) is 0 Å². The summed E-state index contributed by atoms with van der Waals surface area (Å²) in [5.41, 5.74) is 2.73. The monoisotopic (exact) mass is 419 g/mol. The summed E-state index contributed by atoms with van der Waals surface area (Å²) in [6.07, 6.45) is 8.55. The molecule has 1 saturated heterocycles. The van der Waals surface area contributed by atoms with Crippen molar-refractivity contribution in [3.05, 3.63) is 60.4 Å². The van der Waals surface area contributed by atoms with E-state index in [0.717, 1.165) is 31.4 Å². The molecule has 9 heteroatoms. The van der Waals surface area contributed by atoms with E-state index in [4.69, 9.17) is 0 Å². The molecule has 4 aromatic heterocycles. The number of hydrogen-bond donors (Lipinski definition) is 3. The fourth-order valence-corrected chi connectivity index (χ4v) is 3.83. The van der Waals surface area contributed by atoms with Gasteiger partial charge in [0.05, 0.1) is 23.9 Å². The van der Waals surface area contributed by atoms with E-state index in [9.17, 15) is 5.11 Å². The number of aromatic nitrogens is 5. The number of anilines is 1. The number of rotatable bonds is 5. The van der Waals surface area contributed by atoms with Crippen LogP contribution in [0.1, 0.15) is 18.4 Å². The third-order valence-corrected chi connectivity index (χ3v) is 5.41. The van der Waals surface area contributed by atoms with E-state index in [1.54, 1.807) is 23.0 Å². The van der Waals surface area contributed by atoms with E-state index in [0.29, 0.717) is 22.5 Å². The van der Waals surface area contributed by atoms with Crippen LogP contribution in [0.3, 0.4) is 0 Å². The molecule has 1 aliphatic heterocycles. The molecule has 0 aromatic carbocycles. The van der Waals surface area contributed by atoms with E-state index in [2.05, 4.69) is 30.7 Å². The van der Waals surface area contributed by atoms with Gasteiger partial charge < -0.3 is 15.7 Å². The Morgan fingerprint density at radius 3 is 3.00 bits per heavy atom. The van der Waals surface area contributed by atoms with Crippen LogP contribution in [0, 0.1) is 5.82 Å². The van der Waals surface area contributed by atoms with Gasteiger partial charge in [-0.2, -0.15) is 5.10 Å².